The maximum absolute atomic E-state index is 12.7. The highest BCUT2D eigenvalue weighted by atomic mass is 19.4. The van der Waals surface area contributed by atoms with Crippen molar-refractivity contribution < 1.29 is 27.8 Å². The number of rotatable bonds is 6. The molecule has 3 aromatic rings. The minimum absolute atomic E-state index is 0.00488. The number of fused-ring (bicyclic) bond motifs is 1. The number of aliphatic hydroxyl groups is 1. The standard InChI is InChI=1S/C21H18F3NO3/c22-21(23,24)17-6-3-7-19(11-17)28-13-18(26)12-25-20(27)16-9-8-14-4-1-2-5-15(14)10-16/h1-11,18,26H,12-13H2,(H,25,27). The first kappa shape index (κ1) is 19.7. The molecule has 0 fully saturated rings. The van der Waals surface area contributed by atoms with E-state index in [0.717, 1.165) is 22.9 Å². The minimum atomic E-state index is -4.47. The minimum Gasteiger partial charge on any atom is -0.491 e. The summed E-state index contributed by atoms with van der Waals surface area (Å²) in [6.07, 6.45) is -5.54. The third kappa shape index (κ3) is 5.01. The van der Waals surface area contributed by atoms with Crippen LogP contribution in [0.4, 0.5) is 13.2 Å². The Hall–Kier alpha value is -3.06. The first-order valence-electron chi connectivity index (χ1n) is 8.58. The van der Waals surface area contributed by atoms with Crippen molar-refractivity contribution in [3.8, 4) is 5.75 Å². The summed E-state index contributed by atoms with van der Waals surface area (Å²) in [4.78, 5) is 12.2. The lowest BCUT2D eigenvalue weighted by Gasteiger charge is -2.14. The van der Waals surface area contributed by atoms with Crippen LogP contribution in [0.3, 0.4) is 0 Å². The lowest BCUT2D eigenvalue weighted by Crippen LogP contribution is -2.35. The van der Waals surface area contributed by atoms with Crippen LogP contribution >= 0.6 is 0 Å². The Morgan fingerprint density at radius 1 is 1.00 bits per heavy atom. The van der Waals surface area contributed by atoms with Gasteiger partial charge < -0.3 is 15.2 Å². The summed E-state index contributed by atoms with van der Waals surface area (Å²) >= 11 is 0. The van der Waals surface area contributed by atoms with Gasteiger partial charge >= 0.3 is 6.18 Å². The molecule has 0 spiro atoms. The van der Waals surface area contributed by atoms with Crippen molar-refractivity contribution in [3.63, 3.8) is 0 Å². The molecule has 0 radical (unpaired) electrons. The van der Waals surface area contributed by atoms with Gasteiger partial charge in [0.25, 0.3) is 5.91 Å². The smallest absolute Gasteiger partial charge is 0.416 e. The van der Waals surface area contributed by atoms with E-state index in [1.165, 1.54) is 12.1 Å². The van der Waals surface area contributed by atoms with Crippen LogP contribution < -0.4 is 10.1 Å². The van der Waals surface area contributed by atoms with Gasteiger partial charge in [-0.05, 0) is 41.1 Å². The number of amides is 1. The number of carbonyl (C=O) groups excluding carboxylic acids is 1. The molecule has 1 amide bonds. The van der Waals surface area contributed by atoms with E-state index >= 15 is 0 Å². The maximum Gasteiger partial charge on any atom is 0.416 e. The van der Waals surface area contributed by atoms with Gasteiger partial charge in [-0.25, -0.2) is 0 Å². The molecule has 28 heavy (non-hydrogen) atoms. The molecule has 0 saturated carbocycles. The van der Waals surface area contributed by atoms with Crippen molar-refractivity contribution >= 4 is 16.7 Å². The van der Waals surface area contributed by atoms with Crippen LogP contribution in [0.1, 0.15) is 15.9 Å². The van der Waals surface area contributed by atoms with E-state index in [4.69, 9.17) is 4.74 Å². The van der Waals surface area contributed by atoms with Gasteiger partial charge in [-0.2, -0.15) is 13.2 Å². The number of hydrogen-bond acceptors (Lipinski definition) is 3. The summed E-state index contributed by atoms with van der Waals surface area (Å²) in [6, 6.07) is 17.3. The molecule has 0 aromatic heterocycles. The highest BCUT2D eigenvalue weighted by molar-refractivity contribution is 5.98. The normalized spacial score (nSPS) is 12.6. The Morgan fingerprint density at radius 3 is 2.50 bits per heavy atom. The molecule has 3 aromatic carbocycles. The molecule has 7 heteroatoms. The Balaban J connectivity index is 1.52. The van der Waals surface area contributed by atoms with Gasteiger partial charge in [-0.15, -0.1) is 0 Å². The van der Waals surface area contributed by atoms with Crippen LogP contribution in [0.25, 0.3) is 10.8 Å². The quantitative estimate of drug-likeness (QED) is 0.669. The molecule has 4 nitrogen and oxygen atoms in total. The van der Waals surface area contributed by atoms with Crippen LogP contribution in [0, 0.1) is 0 Å². The summed E-state index contributed by atoms with van der Waals surface area (Å²) in [5.74, 6) is -0.362. The highest BCUT2D eigenvalue weighted by Gasteiger charge is 2.30. The molecule has 0 aliphatic rings. The summed E-state index contributed by atoms with van der Waals surface area (Å²) in [7, 11) is 0. The van der Waals surface area contributed by atoms with E-state index in [1.54, 1.807) is 12.1 Å². The van der Waals surface area contributed by atoms with Crippen molar-refractivity contribution in [1.29, 1.82) is 0 Å². The van der Waals surface area contributed by atoms with E-state index in [0.29, 0.717) is 5.56 Å². The van der Waals surface area contributed by atoms with Gasteiger partial charge in [0, 0.05) is 12.1 Å². The fourth-order valence-electron chi connectivity index (χ4n) is 2.66. The van der Waals surface area contributed by atoms with Crippen molar-refractivity contribution in [2.24, 2.45) is 0 Å². The van der Waals surface area contributed by atoms with Crippen LogP contribution in [0.5, 0.6) is 5.75 Å². The second-order valence-corrected chi connectivity index (χ2v) is 6.26. The number of carbonyl (C=O) groups is 1. The Morgan fingerprint density at radius 2 is 1.75 bits per heavy atom. The Kier molecular flexibility index (Phi) is 5.84. The van der Waals surface area contributed by atoms with Gasteiger partial charge in [0.15, 0.2) is 0 Å². The first-order valence-corrected chi connectivity index (χ1v) is 8.58. The molecule has 0 heterocycles. The van der Waals surface area contributed by atoms with Crippen molar-refractivity contribution in [2.45, 2.75) is 12.3 Å². The zero-order valence-corrected chi connectivity index (χ0v) is 14.7. The fourth-order valence-corrected chi connectivity index (χ4v) is 2.66. The zero-order chi connectivity index (χ0) is 20.1. The molecule has 0 saturated heterocycles. The molecule has 0 aliphatic carbocycles. The second-order valence-electron chi connectivity index (χ2n) is 6.26. The first-order chi connectivity index (χ1) is 13.3. The SMILES string of the molecule is O=C(NCC(O)COc1cccc(C(F)(F)F)c1)c1ccc2ccccc2c1. The number of ether oxygens (including phenoxy) is 1. The van der Waals surface area contributed by atoms with E-state index in [2.05, 4.69) is 5.32 Å². The third-order valence-corrected chi connectivity index (χ3v) is 4.11. The number of alkyl halides is 3. The molecular formula is C21H18F3NO3. The molecule has 2 N–H and O–H groups in total. The highest BCUT2D eigenvalue weighted by Crippen LogP contribution is 2.31. The van der Waals surface area contributed by atoms with Gasteiger partial charge in [0.1, 0.15) is 18.5 Å². The van der Waals surface area contributed by atoms with Gasteiger partial charge in [0.05, 0.1) is 5.56 Å². The number of halogens is 3. The lowest BCUT2D eigenvalue weighted by molar-refractivity contribution is -0.137. The van der Waals surface area contributed by atoms with Crippen molar-refractivity contribution in [1.82, 2.24) is 5.32 Å². The van der Waals surface area contributed by atoms with E-state index in [1.807, 2.05) is 30.3 Å². The monoisotopic (exact) mass is 389 g/mol. The van der Waals surface area contributed by atoms with Gasteiger partial charge in [-0.3, -0.25) is 4.79 Å². The summed E-state index contributed by atoms with van der Waals surface area (Å²) in [5.41, 5.74) is -0.381. The molecular weight excluding hydrogens is 371 g/mol. The summed E-state index contributed by atoms with van der Waals surface area (Å²) in [6.45, 7) is -0.343. The van der Waals surface area contributed by atoms with E-state index < -0.39 is 17.8 Å². The number of nitrogens with one attached hydrogen (secondary N) is 1. The predicted molar refractivity (Wildman–Crippen MR) is 99.2 cm³/mol. The summed E-state index contributed by atoms with van der Waals surface area (Å²) < 4.78 is 43.2. The van der Waals surface area contributed by atoms with Crippen LogP contribution in [-0.4, -0.2) is 30.3 Å². The third-order valence-electron chi connectivity index (χ3n) is 4.11. The van der Waals surface area contributed by atoms with Crippen LogP contribution in [0.15, 0.2) is 66.7 Å². The molecule has 146 valence electrons. The molecule has 1 atom stereocenters. The lowest BCUT2D eigenvalue weighted by atomic mass is 10.1. The molecule has 0 bridgehead atoms. The summed E-state index contributed by atoms with van der Waals surface area (Å²) in [5, 5.41) is 14.5. The van der Waals surface area contributed by atoms with E-state index in [9.17, 15) is 23.1 Å². The Bertz CT molecular complexity index is 972. The average Bonchev–Trinajstić information content (AvgIpc) is 2.69. The average molecular weight is 389 g/mol. The zero-order valence-electron chi connectivity index (χ0n) is 14.7. The molecule has 0 aliphatic heterocycles. The van der Waals surface area contributed by atoms with Crippen molar-refractivity contribution in [3.05, 3.63) is 77.9 Å². The second kappa shape index (κ2) is 8.31. The topological polar surface area (TPSA) is 58.6 Å². The molecule has 3 rings (SSSR count). The van der Waals surface area contributed by atoms with Crippen LogP contribution in [-0.2, 0) is 6.18 Å². The molecule has 1 unspecified atom stereocenters. The number of benzene rings is 3. The number of aliphatic hydroxyl groups excluding tert-OH is 1. The van der Waals surface area contributed by atoms with E-state index in [-0.39, 0.29) is 24.8 Å². The Labute approximate surface area is 159 Å². The maximum atomic E-state index is 12.7. The predicted octanol–water partition coefficient (Wildman–Crippen LogP) is 4.03. The van der Waals surface area contributed by atoms with Crippen molar-refractivity contribution in [2.75, 3.05) is 13.2 Å². The largest absolute Gasteiger partial charge is 0.491 e. The number of hydrogen-bond donors (Lipinski definition) is 2. The van der Waals surface area contributed by atoms with Gasteiger partial charge in [-0.1, -0.05) is 36.4 Å². The van der Waals surface area contributed by atoms with Gasteiger partial charge in [0.2, 0.25) is 0 Å². The van der Waals surface area contributed by atoms with Crippen LogP contribution in [0.2, 0.25) is 0 Å². The fraction of sp³-hybridized carbons (Fsp3) is 0.190.